The zero-order valence-corrected chi connectivity index (χ0v) is 28.3. The summed E-state index contributed by atoms with van der Waals surface area (Å²) in [5.74, 6) is 0. The Kier molecular flexibility index (Phi) is 8.46. The zero-order valence-electron chi connectivity index (χ0n) is 26.7. The molecule has 0 saturated heterocycles. The van der Waals surface area contributed by atoms with E-state index in [1.165, 1.54) is 15.6 Å². The van der Waals surface area contributed by atoms with Crippen LogP contribution in [0.15, 0.2) is 157 Å². The van der Waals surface area contributed by atoms with Crippen LogP contribution in [0, 0.1) is 0 Å². The van der Waals surface area contributed by atoms with Crippen molar-refractivity contribution in [1.82, 2.24) is 0 Å². The predicted molar refractivity (Wildman–Crippen MR) is 205 cm³/mol. The van der Waals surface area contributed by atoms with Gasteiger partial charge in [0.05, 0.1) is 27.8 Å². The molecule has 0 atom stereocenters. The van der Waals surface area contributed by atoms with E-state index in [1.54, 1.807) is 11.3 Å². The Hall–Kier alpha value is -5.03. The fourth-order valence-electron chi connectivity index (χ4n) is 5.90. The van der Waals surface area contributed by atoms with Crippen molar-refractivity contribution >= 4 is 78.5 Å². The second kappa shape index (κ2) is 13.0. The molecule has 0 aliphatic carbocycles. The van der Waals surface area contributed by atoms with E-state index in [0.717, 1.165) is 45.5 Å². The van der Waals surface area contributed by atoms with Crippen LogP contribution >= 0.6 is 22.9 Å². The highest BCUT2D eigenvalue weighted by Crippen LogP contribution is 2.50. The molecular weight excluding hydrogens is 614 g/mol. The average Bonchev–Trinajstić information content (AvgIpc) is 3.51. The normalized spacial score (nSPS) is 11.4. The first kappa shape index (κ1) is 30.6. The third-order valence-electron chi connectivity index (χ3n) is 8.29. The molecule has 1 aromatic heterocycles. The van der Waals surface area contributed by atoms with E-state index in [-0.39, 0.29) is 5.41 Å². The smallest absolute Gasteiger partial charge is 0.0882 e. The van der Waals surface area contributed by atoms with E-state index < -0.39 is 0 Å². The summed E-state index contributed by atoms with van der Waals surface area (Å²) in [6.07, 6.45) is 0. The standard InChI is InChI=1S/C42H36ClN3S/c1-42(2,3)30-24-25-40-36(26-30)39(29-47-40)46(34-22-14-7-15-23-34)38-28-35(27-37(41(38)43)44-31-16-8-4-9-17-31)45(32-18-10-5-11-19-32)33-20-12-6-13-21-33/h4-29,44H,1-3H3. The van der Waals surface area contributed by atoms with Gasteiger partial charge in [0.2, 0.25) is 0 Å². The van der Waals surface area contributed by atoms with Gasteiger partial charge in [-0.25, -0.2) is 0 Å². The van der Waals surface area contributed by atoms with Crippen LogP contribution in [0.4, 0.5) is 45.5 Å². The number of para-hydroxylation sites is 4. The van der Waals surface area contributed by atoms with Gasteiger partial charge < -0.3 is 15.1 Å². The Labute approximate surface area is 286 Å². The van der Waals surface area contributed by atoms with E-state index in [0.29, 0.717) is 5.02 Å². The molecular formula is C42H36ClN3S. The lowest BCUT2D eigenvalue weighted by atomic mass is 9.86. The maximum atomic E-state index is 7.52. The summed E-state index contributed by atoms with van der Waals surface area (Å²) >= 11 is 9.28. The van der Waals surface area contributed by atoms with Crippen molar-refractivity contribution in [3.63, 3.8) is 0 Å². The summed E-state index contributed by atoms with van der Waals surface area (Å²) in [5.41, 5.74) is 9.19. The Morgan fingerprint density at radius 1 is 0.553 bits per heavy atom. The summed E-state index contributed by atoms with van der Waals surface area (Å²) in [7, 11) is 0. The molecule has 0 saturated carbocycles. The molecule has 0 fully saturated rings. The van der Waals surface area contributed by atoms with Crippen LogP contribution in [0.25, 0.3) is 10.1 Å². The summed E-state index contributed by atoms with van der Waals surface area (Å²) in [6.45, 7) is 6.79. The van der Waals surface area contributed by atoms with Gasteiger partial charge >= 0.3 is 0 Å². The maximum absolute atomic E-state index is 7.52. The van der Waals surface area contributed by atoms with Crippen LogP contribution in [0.5, 0.6) is 0 Å². The van der Waals surface area contributed by atoms with Crippen LogP contribution in [0.1, 0.15) is 26.3 Å². The van der Waals surface area contributed by atoms with Gasteiger partial charge in [-0.15, -0.1) is 11.3 Å². The van der Waals surface area contributed by atoms with Crippen molar-refractivity contribution in [2.45, 2.75) is 26.2 Å². The minimum Gasteiger partial charge on any atom is -0.354 e. The molecule has 0 aliphatic heterocycles. The first-order valence-electron chi connectivity index (χ1n) is 15.8. The van der Waals surface area contributed by atoms with Gasteiger partial charge in [0.15, 0.2) is 0 Å². The van der Waals surface area contributed by atoms with E-state index in [2.05, 4.69) is 163 Å². The lowest BCUT2D eigenvalue weighted by molar-refractivity contribution is 0.591. The van der Waals surface area contributed by atoms with E-state index >= 15 is 0 Å². The van der Waals surface area contributed by atoms with Crippen LogP contribution < -0.4 is 15.1 Å². The quantitative estimate of drug-likeness (QED) is 0.177. The van der Waals surface area contributed by atoms with Crippen LogP contribution in [-0.2, 0) is 5.41 Å². The highest BCUT2D eigenvalue weighted by molar-refractivity contribution is 7.17. The molecule has 0 amide bonds. The topological polar surface area (TPSA) is 18.5 Å². The number of nitrogens with zero attached hydrogens (tertiary/aromatic N) is 2. The molecule has 7 rings (SSSR count). The van der Waals surface area contributed by atoms with Gasteiger partial charge in [-0.1, -0.05) is 111 Å². The molecule has 1 heterocycles. The van der Waals surface area contributed by atoms with E-state index in [9.17, 15) is 0 Å². The Morgan fingerprint density at radius 3 is 1.64 bits per heavy atom. The van der Waals surface area contributed by atoms with Crippen molar-refractivity contribution in [3.05, 3.63) is 168 Å². The second-order valence-electron chi connectivity index (χ2n) is 12.6. The number of thiophene rings is 1. The summed E-state index contributed by atoms with van der Waals surface area (Å²) in [6, 6.07) is 52.9. The maximum Gasteiger partial charge on any atom is 0.0882 e. The third-order valence-corrected chi connectivity index (χ3v) is 9.64. The van der Waals surface area contributed by atoms with Gasteiger partial charge in [0.25, 0.3) is 0 Å². The fourth-order valence-corrected chi connectivity index (χ4v) is 7.04. The largest absolute Gasteiger partial charge is 0.354 e. The number of halogens is 1. The molecule has 7 aromatic rings. The van der Waals surface area contributed by atoms with Crippen molar-refractivity contribution in [2.75, 3.05) is 15.1 Å². The number of fused-ring (bicyclic) bond motifs is 1. The number of hydrogen-bond acceptors (Lipinski definition) is 4. The highest BCUT2D eigenvalue weighted by atomic mass is 35.5. The molecule has 0 bridgehead atoms. The number of hydrogen-bond donors (Lipinski definition) is 1. The molecule has 47 heavy (non-hydrogen) atoms. The first-order chi connectivity index (χ1) is 22.9. The Morgan fingerprint density at radius 2 is 1.09 bits per heavy atom. The van der Waals surface area contributed by atoms with Gasteiger partial charge in [-0.3, -0.25) is 0 Å². The SMILES string of the molecule is CC(C)(C)c1ccc2scc(N(c3ccccc3)c3cc(N(c4ccccc4)c4ccccc4)cc(Nc4ccccc4)c3Cl)c2c1. The second-order valence-corrected chi connectivity index (χ2v) is 13.9. The van der Waals surface area contributed by atoms with Crippen LogP contribution in [0.3, 0.4) is 0 Å². The van der Waals surface area contributed by atoms with Gasteiger partial charge in [-0.05, 0) is 83.8 Å². The number of benzene rings is 6. The van der Waals surface area contributed by atoms with Gasteiger partial charge in [0, 0.05) is 38.2 Å². The summed E-state index contributed by atoms with van der Waals surface area (Å²) in [5, 5.41) is 7.73. The molecule has 5 heteroatoms. The molecule has 232 valence electrons. The minimum atomic E-state index is 0.0151. The predicted octanol–water partition coefficient (Wildman–Crippen LogP) is 13.5. The van der Waals surface area contributed by atoms with Crippen molar-refractivity contribution < 1.29 is 0 Å². The summed E-state index contributed by atoms with van der Waals surface area (Å²) in [4.78, 5) is 4.59. The monoisotopic (exact) mass is 649 g/mol. The van der Waals surface area contributed by atoms with Crippen molar-refractivity contribution in [2.24, 2.45) is 0 Å². The molecule has 0 aliphatic rings. The number of rotatable bonds is 8. The lowest BCUT2D eigenvalue weighted by Gasteiger charge is -2.31. The van der Waals surface area contributed by atoms with Gasteiger partial charge in [-0.2, -0.15) is 0 Å². The molecule has 0 radical (unpaired) electrons. The van der Waals surface area contributed by atoms with Gasteiger partial charge in [0.1, 0.15) is 0 Å². The molecule has 3 nitrogen and oxygen atoms in total. The molecule has 0 unspecified atom stereocenters. The summed E-state index contributed by atoms with van der Waals surface area (Å²) < 4.78 is 1.24. The first-order valence-corrected chi connectivity index (χ1v) is 17.1. The fraction of sp³-hybridized carbons (Fsp3) is 0.0952. The lowest BCUT2D eigenvalue weighted by Crippen LogP contribution is -2.14. The Balaban J connectivity index is 1.51. The Bertz CT molecular complexity index is 2070. The third kappa shape index (κ3) is 6.35. The zero-order chi connectivity index (χ0) is 32.4. The molecule has 6 aromatic carbocycles. The van der Waals surface area contributed by atoms with Crippen molar-refractivity contribution in [3.8, 4) is 0 Å². The molecule has 1 N–H and O–H groups in total. The highest BCUT2D eigenvalue weighted by Gasteiger charge is 2.25. The minimum absolute atomic E-state index is 0.0151. The number of nitrogens with one attached hydrogen (secondary N) is 1. The van der Waals surface area contributed by atoms with Crippen LogP contribution in [-0.4, -0.2) is 0 Å². The average molecular weight is 650 g/mol. The number of anilines is 8. The van der Waals surface area contributed by atoms with Crippen LogP contribution in [0.2, 0.25) is 5.02 Å². The van der Waals surface area contributed by atoms with E-state index in [4.69, 9.17) is 11.6 Å². The molecule has 0 spiro atoms. The van der Waals surface area contributed by atoms with E-state index in [1.807, 2.05) is 30.3 Å². The van der Waals surface area contributed by atoms with Crippen molar-refractivity contribution in [1.29, 1.82) is 0 Å².